The fourth-order valence-corrected chi connectivity index (χ4v) is 3.17. The first-order valence-corrected chi connectivity index (χ1v) is 9.63. The van der Waals surface area contributed by atoms with E-state index in [9.17, 15) is 4.79 Å². The number of carbonyl (C=O) groups is 1. The van der Waals surface area contributed by atoms with Crippen molar-refractivity contribution in [2.75, 3.05) is 25.3 Å². The number of nitrogens with zero attached hydrogens (tertiary/aromatic N) is 2. The Morgan fingerprint density at radius 1 is 1.00 bits per heavy atom. The molecule has 0 saturated carbocycles. The zero-order chi connectivity index (χ0) is 19.9. The lowest BCUT2D eigenvalue weighted by Gasteiger charge is -2.10. The number of anilines is 1. The van der Waals surface area contributed by atoms with Gasteiger partial charge in [-0.05, 0) is 61.0 Å². The number of amides is 1. The summed E-state index contributed by atoms with van der Waals surface area (Å²) in [7, 11) is 3.21. The molecule has 6 nitrogen and oxygen atoms in total. The first-order chi connectivity index (χ1) is 13.6. The van der Waals surface area contributed by atoms with Crippen LogP contribution in [0.1, 0.15) is 5.56 Å². The van der Waals surface area contributed by atoms with Crippen LogP contribution in [0.25, 0.3) is 11.3 Å². The van der Waals surface area contributed by atoms with Crippen LogP contribution in [0.2, 0.25) is 0 Å². The van der Waals surface area contributed by atoms with E-state index < -0.39 is 0 Å². The van der Waals surface area contributed by atoms with Crippen molar-refractivity contribution < 1.29 is 14.3 Å². The Balaban J connectivity index is 1.58. The summed E-state index contributed by atoms with van der Waals surface area (Å²) in [5.41, 5.74) is 3.42. The van der Waals surface area contributed by atoms with Gasteiger partial charge in [-0.25, -0.2) is 0 Å². The second kappa shape index (κ2) is 9.23. The number of hydrogen-bond acceptors (Lipinski definition) is 6. The Morgan fingerprint density at radius 3 is 2.43 bits per heavy atom. The van der Waals surface area contributed by atoms with Crippen molar-refractivity contribution in [1.29, 1.82) is 0 Å². The smallest absolute Gasteiger partial charge is 0.234 e. The number of ether oxygens (including phenoxy) is 2. The molecule has 28 heavy (non-hydrogen) atoms. The highest BCUT2D eigenvalue weighted by Crippen LogP contribution is 2.26. The number of benzene rings is 2. The Kier molecular flexibility index (Phi) is 6.49. The first-order valence-electron chi connectivity index (χ1n) is 8.64. The monoisotopic (exact) mass is 395 g/mol. The second-order valence-corrected chi connectivity index (χ2v) is 7.02. The SMILES string of the molecule is COc1ccc(-c2ccc(SCC(=O)Nc3cc(C)ccc3OC)nn2)cc1. The van der Waals surface area contributed by atoms with Crippen molar-refractivity contribution in [1.82, 2.24) is 10.2 Å². The number of thioether (sulfide) groups is 1. The predicted octanol–water partition coefficient (Wildman–Crippen LogP) is 4.20. The van der Waals surface area contributed by atoms with Crippen LogP contribution in [0.5, 0.6) is 11.5 Å². The van der Waals surface area contributed by atoms with E-state index in [4.69, 9.17) is 9.47 Å². The molecular weight excluding hydrogens is 374 g/mol. The van der Waals surface area contributed by atoms with Crippen LogP contribution in [-0.2, 0) is 4.79 Å². The molecule has 1 amide bonds. The lowest BCUT2D eigenvalue weighted by molar-refractivity contribution is -0.113. The zero-order valence-electron chi connectivity index (χ0n) is 15.9. The van der Waals surface area contributed by atoms with Gasteiger partial charge >= 0.3 is 0 Å². The zero-order valence-corrected chi connectivity index (χ0v) is 16.7. The van der Waals surface area contributed by atoms with E-state index in [0.29, 0.717) is 16.5 Å². The number of rotatable bonds is 7. The molecule has 0 atom stereocenters. The fourth-order valence-electron chi connectivity index (χ4n) is 2.56. The summed E-state index contributed by atoms with van der Waals surface area (Å²) in [6.45, 7) is 1.96. The van der Waals surface area contributed by atoms with E-state index in [2.05, 4.69) is 15.5 Å². The average molecular weight is 395 g/mol. The summed E-state index contributed by atoms with van der Waals surface area (Å²) in [6.07, 6.45) is 0. The Bertz CT molecular complexity index is 944. The molecule has 144 valence electrons. The van der Waals surface area contributed by atoms with Gasteiger partial charge < -0.3 is 14.8 Å². The van der Waals surface area contributed by atoms with Crippen LogP contribution in [-0.4, -0.2) is 36.1 Å². The third-order valence-corrected chi connectivity index (χ3v) is 4.93. The highest BCUT2D eigenvalue weighted by atomic mass is 32.2. The maximum atomic E-state index is 12.3. The molecule has 1 N–H and O–H groups in total. The first kappa shape index (κ1) is 19.7. The van der Waals surface area contributed by atoms with Gasteiger partial charge in [0.25, 0.3) is 0 Å². The third kappa shape index (κ3) is 5.01. The molecule has 3 aromatic rings. The molecule has 1 heterocycles. The molecular formula is C21H21N3O3S. The third-order valence-electron chi connectivity index (χ3n) is 4.01. The van der Waals surface area contributed by atoms with Crippen molar-refractivity contribution in [3.05, 3.63) is 60.2 Å². The van der Waals surface area contributed by atoms with E-state index in [-0.39, 0.29) is 11.7 Å². The summed E-state index contributed by atoms with van der Waals surface area (Å²) < 4.78 is 10.4. The maximum Gasteiger partial charge on any atom is 0.234 e. The summed E-state index contributed by atoms with van der Waals surface area (Å²) in [4.78, 5) is 12.3. The van der Waals surface area contributed by atoms with Gasteiger partial charge in [0.05, 0.1) is 31.4 Å². The van der Waals surface area contributed by atoms with Crippen molar-refractivity contribution in [3.63, 3.8) is 0 Å². The maximum absolute atomic E-state index is 12.3. The molecule has 0 spiro atoms. The molecule has 0 aliphatic heterocycles. The van der Waals surface area contributed by atoms with E-state index in [1.165, 1.54) is 11.8 Å². The molecule has 2 aromatic carbocycles. The topological polar surface area (TPSA) is 73.3 Å². The Morgan fingerprint density at radius 2 is 1.79 bits per heavy atom. The minimum atomic E-state index is -0.130. The van der Waals surface area contributed by atoms with Gasteiger partial charge in [-0.3, -0.25) is 4.79 Å². The van der Waals surface area contributed by atoms with Crippen molar-refractivity contribution in [3.8, 4) is 22.8 Å². The lowest BCUT2D eigenvalue weighted by Crippen LogP contribution is -2.15. The Hall–Kier alpha value is -3.06. The summed E-state index contributed by atoms with van der Waals surface area (Å²) in [5, 5.41) is 12.0. The van der Waals surface area contributed by atoms with Gasteiger partial charge in [0.2, 0.25) is 5.91 Å². The van der Waals surface area contributed by atoms with Gasteiger partial charge in [-0.1, -0.05) is 17.8 Å². The number of aryl methyl sites for hydroxylation is 1. The largest absolute Gasteiger partial charge is 0.497 e. The van der Waals surface area contributed by atoms with Gasteiger partial charge in [0.15, 0.2) is 0 Å². The molecule has 0 radical (unpaired) electrons. The van der Waals surface area contributed by atoms with Gasteiger partial charge in [0, 0.05) is 5.56 Å². The van der Waals surface area contributed by atoms with Crippen LogP contribution in [0.15, 0.2) is 59.6 Å². The van der Waals surface area contributed by atoms with Gasteiger partial charge in [-0.2, -0.15) is 0 Å². The number of nitrogens with one attached hydrogen (secondary N) is 1. The van der Waals surface area contributed by atoms with E-state index in [1.54, 1.807) is 14.2 Å². The molecule has 7 heteroatoms. The minimum Gasteiger partial charge on any atom is -0.497 e. The average Bonchev–Trinajstić information content (AvgIpc) is 2.73. The van der Waals surface area contributed by atoms with E-state index in [1.807, 2.05) is 61.5 Å². The van der Waals surface area contributed by atoms with Crippen LogP contribution < -0.4 is 14.8 Å². The van der Waals surface area contributed by atoms with Crippen molar-refractivity contribution in [2.45, 2.75) is 11.9 Å². The van der Waals surface area contributed by atoms with Gasteiger partial charge in [-0.15, -0.1) is 10.2 Å². The van der Waals surface area contributed by atoms with Gasteiger partial charge in [0.1, 0.15) is 16.5 Å². The standard InChI is InChI=1S/C21H21N3O3S/c1-14-4-10-19(27-3)18(12-14)22-20(25)13-28-21-11-9-17(23-24-21)15-5-7-16(26-2)8-6-15/h4-12H,13H2,1-3H3,(H,22,25). The summed E-state index contributed by atoms with van der Waals surface area (Å²) >= 11 is 1.33. The molecule has 3 rings (SSSR count). The Labute approximate surface area is 168 Å². The van der Waals surface area contributed by atoms with Crippen LogP contribution in [0.4, 0.5) is 5.69 Å². The number of aromatic nitrogens is 2. The summed E-state index contributed by atoms with van der Waals surface area (Å²) in [6, 6.07) is 17.0. The summed E-state index contributed by atoms with van der Waals surface area (Å²) in [5.74, 6) is 1.52. The molecule has 0 aliphatic carbocycles. The van der Waals surface area contributed by atoms with Crippen LogP contribution in [0, 0.1) is 6.92 Å². The highest BCUT2D eigenvalue weighted by Gasteiger charge is 2.10. The van der Waals surface area contributed by atoms with Crippen LogP contribution in [0.3, 0.4) is 0 Å². The molecule has 0 fully saturated rings. The van der Waals surface area contributed by atoms with Crippen LogP contribution >= 0.6 is 11.8 Å². The fraction of sp³-hybridized carbons (Fsp3) is 0.190. The minimum absolute atomic E-state index is 0.130. The second-order valence-electron chi connectivity index (χ2n) is 6.03. The number of carbonyl (C=O) groups excluding carboxylic acids is 1. The molecule has 0 aliphatic rings. The van der Waals surface area contributed by atoms with E-state index in [0.717, 1.165) is 22.6 Å². The molecule has 1 aromatic heterocycles. The quantitative estimate of drug-likeness (QED) is 0.605. The van der Waals surface area contributed by atoms with Crippen molar-refractivity contribution in [2.24, 2.45) is 0 Å². The normalized spacial score (nSPS) is 10.4. The molecule has 0 saturated heterocycles. The lowest BCUT2D eigenvalue weighted by atomic mass is 10.1. The predicted molar refractivity (Wildman–Crippen MR) is 111 cm³/mol. The number of methoxy groups -OCH3 is 2. The number of hydrogen-bond donors (Lipinski definition) is 1. The molecule has 0 bridgehead atoms. The van der Waals surface area contributed by atoms with Crippen molar-refractivity contribution >= 4 is 23.4 Å². The molecule has 0 unspecified atom stereocenters. The highest BCUT2D eigenvalue weighted by molar-refractivity contribution is 7.99. The van der Waals surface area contributed by atoms with E-state index >= 15 is 0 Å².